The third-order valence-corrected chi connectivity index (χ3v) is 3.51. The first-order valence-electron chi connectivity index (χ1n) is 7.57. The summed E-state index contributed by atoms with van der Waals surface area (Å²) in [7, 11) is 2.79. The summed E-state index contributed by atoms with van der Waals surface area (Å²) >= 11 is 0. The number of quaternary nitrogens is 1. The number of rotatable bonds is 10. The average Bonchev–Trinajstić information content (AvgIpc) is 2.58. The van der Waals surface area contributed by atoms with Gasteiger partial charge in [-0.1, -0.05) is 0 Å². The Hall–Kier alpha value is -1.83. The van der Waals surface area contributed by atoms with Crippen LogP contribution in [0.2, 0.25) is 0 Å². The zero-order valence-electron chi connectivity index (χ0n) is 13.9. The van der Waals surface area contributed by atoms with E-state index in [4.69, 9.17) is 14.6 Å². The number of likely N-dealkylation sites (N-methyl/N-ethyl adjacent to an activating group) is 1. The van der Waals surface area contributed by atoms with E-state index in [1.165, 1.54) is 20.3 Å². The molecule has 1 aromatic carbocycles. The molecule has 0 amide bonds. The molecule has 0 spiro atoms. The van der Waals surface area contributed by atoms with Gasteiger partial charge in [-0.3, -0.25) is 0 Å². The lowest BCUT2D eigenvalue weighted by Gasteiger charge is -2.20. The Morgan fingerprint density at radius 2 is 2.04 bits per heavy atom. The molecule has 0 heterocycles. The molecule has 0 saturated heterocycles. The molecule has 0 saturated carbocycles. The van der Waals surface area contributed by atoms with Crippen molar-refractivity contribution < 1.29 is 34.1 Å². The summed E-state index contributed by atoms with van der Waals surface area (Å²) in [5.74, 6) is 0.385. The van der Waals surface area contributed by atoms with Crippen LogP contribution in [-0.2, 0) is 4.74 Å². The first kappa shape index (κ1) is 19.2. The normalized spacial score (nSPS) is 13.3. The van der Waals surface area contributed by atoms with Crippen molar-refractivity contribution >= 4 is 5.97 Å². The average molecular weight is 328 g/mol. The van der Waals surface area contributed by atoms with E-state index in [1.807, 2.05) is 6.92 Å². The fraction of sp³-hybridized carbons (Fsp3) is 0.562. The number of methoxy groups -OCH3 is 2. The Bertz CT molecular complexity index is 493. The Morgan fingerprint density at radius 1 is 1.30 bits per heavy atom. The number of nitrogens with one attached hydrogen (secondary N) is 1. The number of esters is 1. The van der Waals surface area contributed by atoms with Gasteiger partial charge in [-0.25, -0.2) is 4.79 Å². The van der Waals surface area contributed by atoms with Gasteiger partial charge in [0.05, 0.1) is 32.9 Å². The number of carbonyl (C=O) groups excluding carboxylic acids is 1. The number of carbonyl (C=O) groups is 1. The van der Waals surface area contributed by atoms with Gasteiger partial charge in [0.2, 0.25) is 0 Å². The molecule has 0 aliphatic heterocycles. The van der Waals surface area contributed by atoms with E-state index >= 15 is 0 Å². The van der Waals surface area contributed by atoms with Crippen LogP contribution in [0.1, 0.15) is 17.3 Å². The highest BCUT2D eigenvalue weighted by molar-refractivity contribution is 5.90. The van der Waals surface area contributed by atoms with Crippen molar-refractivity contribution in [1.82, 2.24) is 0 Å². The molecule has 2 atom stereocenters. The highest BCUT2D eigenvalue weighted by atomic mass is 16.5. The van der Waals surface area contributed by atoms with Gasteiger partial charge in [0.15, 0.2) is 11.5 Å². The standard InChI is InChI=1S/C16H25NO6/c1-4-17(7-8-18)10-13(19)11-23-14-6-5-12(16(20)22-3)9-15(14)21-2/h5-6,9,13,18-19H,4,7-8,10-11H2,1-3H3/p+1/t13-/m1/s1. The largest absolute Gasteiger partial charge is 0.493 e. The molecule has 7 nitrogen and oxygen atoms in total. The molecule has 130 valence electrons. The Labute approximate surface area is 136 Å². The summed E-state index contributed by atoms with van der Waals surface area (Å²) in [6, 6.07) is 4.71. The molecule has 0 radical (unpaired) electrons. The van der Waals surface area contributed by atoms with Gasteiger partial charge in [-0.05, 0) is 25.1 Å². The van der Waals surface area contributed by atoms with Crippen LogP contribution in [0.15, 0.2) is 18.2 Å². The topological polar surface area (TPSA) is 89.7 Å². The molecular weight excluding hydrogens is 302 g/mol. The summed E-state index contributed by atoms with van der Waals surface area (Å²) in [4.78, 5) is 12.6. The van der Waals surface area contributed by atoms with Gasteiger partial charge in [-0.2, -0.15) is 0 Å². The van der Waals surface area contributed by atoms with Crippen LogP contribution in [0.25, 0.3) is 0 Å². The van der Waals surface area contributed by atoms with Crippen molar-refractivity contribution in [3.63, 3.8) is 0 Å². The third kappa shape index (κ3) is 6.05. The van der Waals surface area contributed by atoms with Gasteiger partial charge < -0.3 is 29.3 Å². The number of aliphatic hydroxyl groups is 2. The van der Waals surface area contributed by atoms with Gasteiger partial charge in [0, 0.05) is 0 Å². The van der Waals surface area contributed by atoms with Gasteiger partial charge in [0.1, 0.15) is 25.8 Å². The number of hydrogen-bond donors (Lipinski definition) is 3. The lowest BCUT2D eigenvalue weighted by atomic mass is 10.2. The van der Waals surface area contributed by atoms with Crippen LogP contribution in [0.3, 0.4) is 0 Å². The van der Waals surface area contributed by atoms with E-state index in [0.717, 1.165) is 11.4 Å². The molecule has 3 N–H and O–H groups in total. The Balaban J connectivity index is 2.64. The maximum absolute atomic E-state index is 11.5. The molecule has 0 fully saturated rings. The fourth-order valence-electron chi connectivity index (χ4n) is 2.19. The van der Waals surface area contributed by atoms with Gasteiger partial charge in [0.25, 0.3) is 0 Å². The second kappa shape index (κ2) is 10.0. The van der Waals surface area contributed by atoms with Crippen molar-refractivity contribution in [2.24, 2.45) is 0 Å². The molecule has 1 unspecified atom stereocenters. The number of hydrogen-bond acceptors (Lipinski definition) is 6. The van der Waals surface area contributed by atoms with Crippen LogP contribution in [0.5, 0.6) is 11.5 Å². The number of ether oxygens (including phenoxy) is 3. The van der Waals surface area contributed by atoms with Crippen molar-refractivity contribution in [3.8, 4) is 11.5 Å². The predicted molar refractivity (Wildman–Crippen MR) is 84.2 cm³/mol. The lowest BCUT2D eigenvalue weighted by molar-refractivity contribution is -0.901. The van der Waals surface area contributed by atoms with E-state index in [0.29, 0.717) is 30.2 Å². The molecule has 0 aliphatic carbocycles. The number of aliphatic hydroxyl groups excluding tert-OH is 2. The van der Waals surface area contributed by atoms with Crippen LogP contribution < -0.4 is 14.4 Å². The van der Waals surface area contributed by atoms with E-state index in [9.17, 15) is 9.90 Å². The van der Waals surface area contributed by atoms with Gasteiger partial charge in [-0.15, -0.1) is 0 Å². The highest BCUT2D eigenvalue weighted by Crippen LogP contribution is 2.28. The van der Waals surface area contributed by atoms with Crippen molar-refractivity contribution in [1.29, 1.82) is 0 Å². The highest BCUT2D eigenvalue weighted by Gasteiger charge is 2.16. The molecular formula is C16H26NO6+. The van der Waals surface area contributed by atoms with Crippen molar-refractivity contribution in [3.05, 3.63) is 23.8 Å². The molecule has 0 aliphatic rings. The molecule has 1 aromatic rings. The van der Waals surface area contributed by atoms with E-state index in [-0.39, 0.29) is 13.2 Å². The maximum Gasteiger partial charge on any atom is 0.337 e. The summed E-state index contributed by atoms with van der Waals surface area (Å²) in [6.07, 6.45) is -0.665. The van der Waals surface area contributed by atoms with Crippen LogP contribution in [0, 0.1) is 0 Å². The number of benzene rings is 1. The van der Waals surface area contributed by atoms with E-state index in [1.54, 1.807) is 12.1 Å². The minimum atomic E-state index is -0.665. The maximum atomic E-state index is 11.5. The van der Waals surface area contributed by atoms with E-state index in [2.05, 4.69) is 4.74 Å². The Morgan fingerprint density at radius 3 is 2.61 bits per heavy atom. The quantitative estimate of drug-likeness (QED) is 0.483. The minimum Gasteiger partial charge on any atom is -0.493 e. The minimum absolute atomic E-state index is 0.0829. The first-order valence-corrected chi connectivity index (χ1v) is 7.57. The summed E-state index contributed by atoms with van der Waals surface area (Å²) in [5, 5.41) is 19.0. The second-order valence-electron chi connectivity index (χ2n) is 5.10. The molecule has 7 heteroatoms. The lowest BCUT2D eigenvalue weighted by Crippen LogP contribution is -3.13. The van der Waals surface area contributed by atoms with Crippen molar-refractivity contribution in [2.45, 2.75) is 13.0 Å². The Kier molecular flexibility index (Phi) is 8.39. The first-order chi connectivity index (χ1) is 11.0. The summed E-state index contributed by atoms with van der Waals surface area (Å²) in [5.41, 5.74) is 0.363. The summed E-state index contributed by atoms with van der Waals surface area (Å²) in [6.45, 7) is 4.06. The molecule has 0 aromatic heterocycles. The van der Waals surface area contributed by atoms with Crippen LogP contribution in [0.4, 0.5) is 0 Å². The van der Waals surface area contributed by atoms with E-state index < -0.39 is 12.1 Å². The predicted octanol–water partition coefficient (Wildman–Crippen LogP) is -0.881. The zero-order chi connectivity index (χ0) is 17.2. The zero-order valence-corrected chi connectivity index (χ0v) is 13.9. The van der Waals surface area contributed by atoms with Crippen LogP contribution >= 0.6 is 0 Å². The summed E-state index contributed by atoms with van der Waals surface area (Å²) < 4.78 is 15.4. The fourth-order valence-corrected chi connectivity index (χ4v) is 2.19. The monoisotopic (exact) mass is 328 g/mol. The van der Waals surface area contributed by atoms with Crippen LogP contribution in [-0.4, -0.2) is 69.4 Å². The molecule has 1 rings (SSSR count). The van der Waals surface area contributed by atoms with Crippen molar-refractivity contribution in [2.75, 3.05) is 47.1 Å². The van der Waals surface area contributed by atoms with Gasteiger partial charge >= 0.3 is 5.97 Å². The molecule has 0 bridgehead atoms. The second-order valence-corrected chi connectivity index (χ2v) is 5.10. The smallest absolute Gasteiger partial charge is 0.337 e. The molecule has 23 heavy (non-hydrogen) atoms. The SMILES string of the molecule is CC[NH+](CCO)C[C@@H](O)COc1ccc(C(=O)OC)cc1OC. The third-order valence-electron chi connectivity index (χ3n) is 3.51.